The van der Waals surface area contributed by atoms with Crippen LogP contribution in [0.15, 0.2) is 30.3 Å². The average Bonchev–Trinajstić information content (AvgIpc) is 2.85. The van der Waals surface area contributed by atoms with Gasteiger partial charge in [-0.25, -0.2) is 0 Å². The van der Waals surface area contributed by atoms with E-state index in [9.17, 15) is 0 Å². The summed E-state index contributed by atoms with van der Waals surface area (Å²) in [5.41, 5.74) is 1.35. The van der Waals surface area contributed by atoms with Crippen LogP contribution >= 0.6 is 0 Å². The second-order valence-electron chi connectivity index (χ2n) is 5.18. The predicted octanol–water partition coefficient (Wildman–Crippen LogP) is 4.73. The number of hydrogen-bond acceptors (Lipinski definition) is 1. The average molecular weight is 232 g/mol. The monoisotopic (exact) mass is 232 g/mol. The summed E-state index contributed by atoms with van der Waals surface area (Å²) < 4.78 is 5.91. The van der Waals surface area contributed by atoms with Crippen LogP contribution in [0.1, 0.15) is 57.1 Å². The molecule has 1 aliphatic heterocycles. The Hall–Kier alpha value is -0.820. The SMILES string of the molecule is CCCCCC[C@@H]1CO[C@@H](c2ccccc2)C1. The fraction of sp³-hybridized carbons (Fsp3) is 0.625. The fourth-order valence-electron chi connectivity index (χ4n) is 2.65. The highest BCUT2D eigenvalue weighted by atomic mass is 16.5. The fourth-order valence-corrected chi connectivity index (χ4v) is 2.65. The first-order valence-corrected chi connectivity index (χ1v) is 7.06. The van der Waals surface area contributed by atoms with Gasteiger partial charge in [-0.05, 0) is 24.3 Å². The minimum atomic E-state index is 0.354. The van der Waals surface area contributed by atoms with Gasteiger partial charge < -0.3 is 4.74 Å². The van der Waals surface area contributed by atoms with Gasteiger partial charge in [-0.1, -0.05) is 62.9 Å². The molecule has 94 valence electrons. The van der Waals surface area contributed by atoms with Crippen molar-refractivity contribution in [2.24, 2.45) is 5.92 Å². The Bertz CT molecular complexity index is 307. The van der Waals surface area contributed by atoms with Crippen molar-refractivity contribution in [3.05, 3.63) is 35.9 Å². The molecule has 0 saturated carbocycles. The third kappa shape index (κ3) is 3.85. The molecule has 0 amide bonds. The van der Waals surface area contributed by atoms with Crippen molar-refractivity contribution >= 4 is 0 Å². The van der Waals surface area contributed by atoms with Crippen molar-refractivity contribution in [2.45, 2.75) is 51.6 Å². The number of rotatable bonds is 6. The van der Waals surface area contributed by atoms with Crippen molar-refractivity contribution in [1.82, 2.24) is 0 Å². The summed E-state index contributed by atoms with van der Waals surface area (Å²) in [5, 5.41) is 0. The van der Waals surface area contributed by atoms with Gasteiger partial charge in [0.2, 0.25) is 0 Å². The van der Waals surface area contributed by atoms with Crippen LogP contribution in [0, 0.1) is 5.92 Å². The van der Waals surface area contributed by atoms with E-state index in [-0.39, 0.29) is 0 Å². The molecule has 1 aromatic carbocycles. The quantitative estimate of drug-likeness (QED) is 0.644. The van der Waals surface area contributed by atoms with Gasteiger partial charge in [-0.15, -0.1) is 0 Å². The maximum absolute atomic E-state index is 5.91. The molecule has 1 aromatic rings. The molecular weight excluding hydrogens is 208 g/mol. The van der Waals surface area contributed by atoms with E-state index < -0.39 is 0 Å². The van der Waals surface area contributed by atoms with E-state index in [2.05, 4.69) is 37.3 Å². The molecule has 2 rings (SSSR count). The molecule has 0 unspecified atom stereocenters. The van der Waals surface area contributed by atoms with Gasteiger partial charge in [0.25, 0.3) is 0 Å². The largest absolute Gasteiger partial charge is 0.373 e. The summed E-state index contributed by atoms with van der Waals surface area (Å²) in [7, 11) is 0. The maximum Gasteiger partial charge on any atom is 0.0828 e. The molecule has 1 fully saturated rings. The number of unbranched alkanes of at least 4 members (excludes halogenated alkanes) is 3. The van der Waals surface area contributed by atoms with Crippen LogP contribution in [-0.2, 0) is 4.74 Å². The zero-order valence-corrected chi connectivity index (χ0v) is 10.9. The molecule has 17 heavy (non-hydrogen) atoms. The Balaban J connectivity index is 1.72. The van der Waals surface area contributed by atoms with Gasteiger partial charge in [0.05, 0.1) is 12.7 Å². The lowest BCUT2D eigenvalue weighted by Gasteiger charge is -2.09. The molecule has 0 N–H and O–H groups in total. The first-order chi connectivity index (χ1) is 8.40. The minimum absolute atomic E-state index is 0.354. The standard InChI is InChI=1S/C16H24O/c1-2-3-4-6-9-14-12-16(17-13-14)15-10-7-5-8-11-15/h5,7-8,10-11,14,16H,2-4,6,9,12-13H2,1H3/t14-,16+/m0/s1. The van der Waals surface area contributed by atoms with Crippen molar-refractivity contribution < 1.29 is 4.74 Å². The Labute approximate surface area is 105 Å². The molecule has 0 aromatic heterocycles. The van der Waals surface area contributed by atoms with Crippen molar-refractivity contribution in [3.63, 3.8) is 0 Å². The van der Waals surface area contributed by atoms with E-state index in [1.54, 1.807) is 0 Å². The highest BCUT2D eigenvalue weighted by Crippen LogP contribution is 2.34. The number of ether oxygens (including phenoxy) is 1. The van der Waals surface area contributed by atoms with Gasteiger partial charge in [0, 0.05) is 0 Å². The van der Waals surface area contributed by atoms with Crippen molar-refractivity contribution in [2.75, 3.05) is 6.61 Å². The molecular formula is C16H24O. The summed E-state index contributed by atoms with van der Waals surface area (Å²) in [6, 6.07) is 10.6. The summed E-state index contributed by atoms with van der Waals surface area (Å²) in [4.78, 5) is 0. The zero-order valence-electron chi connectivity index (χ0n) is 10.9. The van der Waals surface area contributed by atoms with Gasteiger partial charge >= 0.3 is 0 Å². The molecule has 2 atom stereocenters. The van der Waals surface area contributed by atoms with E-state index in [0.29, 0.717) is 6.10 Å². The van der Waals surface area contributed by atoms with Crippen LogP contribution in [0.5, 0.6) is 0 Å². The Morgan fingerprint density at radius 2 is 1.94 bits per heavy atom. The lowest BCUT2D eigenvalue weighted by atomic mass is 9.95. The predicted molar refractivity (Wildman–Crippen MR) is 72.0 cm³/mol. The topological polar surface area (TPSA) is 9.23 Å². The van der Waals surface area contributed by atoms with E-state index in [4.69, 9.17) is 4.74 Å². The normalized spacial score (nSPS) is 24.1. The number of benzene rings is 1. The first kappa shape index (κ1) is 12.6. The molecule has 1 heteroatoms. The van der Waals surface area contributed by atoms with E-state index in [1.165, 1.54) is 44.1 Å². The van der Waals surface area contributed by atoms with Gasteiger partial charge in [-0.3, -0.25) is 0 Å². The Morgan fingerprint density at radius 3 is 2.71 bits per heavy atom. The van der Waals surface area contributed by atoms with E-state index >= 15 is 0 Å². The van der Waals surface area contributed by atoms with Gasteiger partial charge in [-0.2, -0.15) is 0 Å². The molecule has 1 nitrogen and oxygen atoms in total. The number of hydrogen-bond donors (Lipinski definition) is 0. The van der Waals surface area contributed by atoms with Crippen LogP contribution in [0.2, 0.25) is 0 Å². The summed E-state index contributed by atoms with van der Waals surface area (Å²) >= 11 is 0. The van der Waals surface area contributed by atoms with Crippen LogP contribution in [0.3, 0.4) is 0 Å². The van der Waals surface area contributed by atoms with Gasteiger partial charge in [0.1, 0.15) is 0 Å². The maximum atomic E-state index is 5.91. The first-order valence-electron chi connectivity index (χ1n) is 7.06. The smallest absolute Gasteiger partial charge is 0.0828 e. The third-order valence-electron chi connectivity index (χ3n) is 3.72. The van der Waals surface area contributed by atoms with Gasteiger partial charge in [0.15, 0.2) is 0 Å². The molecule has 1 heterocycles. The summed E-state index contributed by atoms with van der Waals surface area (Å²) in [6.45, 7) is 3.23. The summed E-state index contributed by atoms with van der Waals surface area (Å²) in [5.74, 6) is 0.789. The van der Waals surface area contributed by atoms with Crippen LogP contribution in [0.25, 0.3) is 0 Å². The molecule has 0 aliphatic carbocycles. The highest BCUT2D eigenvalue weighted by molar-refractivity contribution is 5.18. The highest BCUT2D eigenvalue weighted by Gasteiger charge is 2.25. The molecule has 0 bridgehead atoms. The zero-order chi connectivity index (χ0) is 11.9. The van der Waals surface area contributed by atoms with Crippen LogP contribution < -0.4 is 0 Å². The lowest BCUT2D eigenvalue weighted by molar-refractivity contribution is 0.106. The second-order valence-corrected chi connectivity index (χ2v) is 5.18. The molecule has 0 spiro atoms. The van der Waals surface area contributed by atoms with E-state index in [1.807, 2.05) is 0 Å². The van der Waals surface area contributed by atoms with Crippen LogP contribution in [-0.4, -0.2) is 6.61 Å². The van der Waals surface area contributed by atoms with Crippen molar-refractivity contribution in [3.8, 4) is 0 Å². The Kier molecular flexibility index (Phi) is 5.06. The lowest BCUT2D eigenvalue weighted by Crippen LogP contribution is -1.98. The molecule has 1 saturated heterocycles. The van der Waals surface area contributed by atoms with E-state index in [0.717, 1.165) is 12.5 Å². The Morgan fingerprint density at radius 1 is 1.12 bits per heavy atom. The van der Waals surface area contributed by atoms with Crippen LogP contribution in [0.4, 0.5) is 0 Å². The van der Waals surface area contributed by atoms with Crippen molar-refractivity contribution in [1.29, 1.82) is 0 Å². The minimum Gasteiger partial charge on any atom is -0.373 e. The molecule has 1 aliphatic rings. The third-order valence-corrected chi connectivity index (χ3v) is 3.72. The summed E-state index contributed by atoms with van der Waals surface area (Å²) in [6.07, 6.45) is 8.40. The second kappa shape index (κ2) is 6.80. The molecule has 0 radical (unpaired) electrons.